The molecule has 0 bridgehead atoms. The number of anilines is 1. The minimum Gasteiger partial charge on any atom is -0.382 e. The third-order valence-corrected chi connectivity index (χ3v) is 5.23. The van der Waals surface area contributed by atoms with E-state index in [1.807, 2.05) is 4.40 Å². The number of imidazole rings is 1. The molecule has 1 aromatic carbocycles. The first kappa shape index (κ1) is 16.4. The molecular formula is C19H22ClN5. The maximum Gasteiger partial charge on any atom is 0.150 e. The van der Waals surface area contributed by atoms with E-state index in [0.29, 0.717) is 16.9 Å². The highest BCUT2D eigenvalue weighted by Crippen LogP contribution is 2.34. The van der Waals surface area contributed by atoms with Gasteiger partial charge in [-0.15, -0.1) is 0 Å². The molecule has 0 aliphatic carbocycles. The summed E-state index contributed by atoms with van der Waals surface area (Å²) < 4.78 is 1.98. The van der Waals surface area contributed by atoms with Crippen LogP contribution in [0.5, 0.6) is 0 Å². The number of halogens is 1. The molecule has 0 saturated carbocycles. The number of nitrogens with zero attached hydrogens (tertiary/aromatic N) is 3. The minimum atomic E-state index is 0.323. The van der Waals surface area contributed by atoms with Gasteiger partial charge in [0.15, 0.2) is 0 Å². The Hall–Kier alpha value is -2.11. The van der Waals surface area contributed by atoms with E-state index in [4.69, 9.17) is 22.3 Å². The molecule has 3 N–H and O–H groups in total. The second-order valence-electron chi connectivity index (χ2n) is 6.56. The summed E-state index contributed by atoms with van der Waals surface area (Å²) in [6, 6.07) is 8.47. The van der Waals surface area contributed by atoms with Gasteiger partial charge in [-0.1, -0.05) is 42.8 Å². The molecule has 4 rings (SSSR count). The lowest BCUT2D eigenvalue weighted by Crippen LogP contribution is -2.29. The highest BCUT2D eigenvalue weighted by Gasteiger charge is 2.25. The third kappa shape index (κ3) is 2.87. The largest absolute Gasteiger partial charge is 0.382 e. The number of fused-ring (bicyclic) bond motifs is 1. The molecule has 3 aromatic rings. The van der Waals surface area contributed by atoms with E-state index in [1.165, 1.54) is 5.56 Å². The Balaban J connectivity index is 1.92. The van der Waals surface area contributed by atoms with E-state index < -0.39 is 0 Å². The molecule has 1 fully saturated rings. The van der Waals surface area contributed by atoms with Crippen molar-refractivity contribution in [1.29, 1.82) is 0 Å². The Morgan fingerprint density at radius 2 is 2.12 bits per heavy atom. The summed E-state index contributed by atoms with van der Waals surface area (Å²) in [5.74, 6) is 1.75. The fourth-order valence-corrected chi connectivity index (χ4v) is 3.80. The molecule has 1 saturated heterocycles. The normalized spacial score (nSPS) is 17.9. The van der Waals surface area contributed by atoms with Gasteiger partial charge in [0.05, 0.1) is 6.20 Å². The number of benzene rings is 1. The Kier molecular flexibility index (Phi) is 4.36. The van der Waals surface area contributed by atoms with Gasteiger partial charge in [0.2, 0.25) is 0 Å². The lowest BCUT2D eigenvalue weighted by Gasteiger charge is -2.22. The zero-order valence-electron chi connectivity index (χ0n) is 14.3. The molecule has 3 heterocycles. The van der Waals surface area contributed by atoms with E-state index in [2.05, 4.69) is 41.5 Å². The van der Waals surface area contributed by atoms with Gasteiger partial charge in [-0.3, -0.25) is 4.40 Å². The van der Waals surface area contributed by atoms with Gasteiger partial charge in [-0.2, -0.15) is 0 Å². The topological polar surface area (TPSA) is 68.2 Å². The van der Waals surface area contributed by atoms with Crippen molar-refractivity contribution in [3.8, 4) is 11.3 Å². The molecule has 2 aromatic heterocycles. The maximum atomic E-state index is 6.49. The molecule has 1 aliphatic heterocycles. The number of aromatic nitrogens is 3. The van der Waals surface area contributed by atoms with Crippen LogP contribution in [0, 0.1) is 0 Å². The summed E-state index contributed by atoms with van der Waals surface area (Å²) in [4.78, 5) is 9.23. The average Bonchev–Trinajstić information content (AvgIpc) is 3.07. The van der Waals surface area contributed by atoms with E-state index in [9.17, 15) is 0 Å². The van der Waals surface area contributed by atoms with Gasteiger partial charge in [0.25, 0.3) is 0 Å². The van der Waals surface area contributed by atoms with Gasteiger partial charge in [-0.05, 0) is 31.4 Å². The molecule has 5 nitrogen and oxygen atoms in total. The van der Waals surface area contributed by atoms with Gasteiger partial charge >= 0.3 is 0 Å². The number of piperidine rings is 1. The molecule has 130 valence electrons. The lowest BCUT2D eigenvalue weighted by atomic mass is 9.99. The van der Waals surface area contributed by atoms with Crippen molar-refractivity contribution in [3.05, 3.63) is 47.0 Å². The van der Waals surface area contributed by atoms with Crippen LogP contribution in [0.4, 0.5) is 5.82 Å². The van der Waals surface area contributed by atoms with Crippen LogP contribution in [-0.4, -0.2) is 27.5 Å². The predicted molar refractivity (Wildman–Crippen MR) is 102 cm³/mol. The van der Waals surface area contributed by atoms with E-state index >= 15 is 0 Å². The molecule has 1 atom stereocenters. The smallest absolute Gasteiger partial charge is 0.150 e. The van der Waals surface area contributed by atoms with E-state index in [1.54, 1.807) is 6.20 Å². The van der Waals surface area contributed by atoms with Crippen LogP contribution >= 0.6 is 11.6 Å². The van der Waals surface area contributed by atoms with Crippen molar-refractivity contribution in [3.63, 3.8) is 0 Å². The van der Waals surface area contributed by atoms with Crippen molar-refractivity contribution >= 4 is 22.9 Å². The van der Waals surface area contributed by atoms with Crippen LogP contribution in [0.3, 0.4) is 0 Å². The Labute approximate surface area is 152 Å². The van der Waals surface area contributed by atoms with Crippen LogP contribution in [-0.2, 0) is 6.42 Å². The molecule has 1 unspecified atom stereocenters. The van der Waals surface area contributed by atoms with E-state index in [0.717, 1.165) is 55.0 Å². The summed E-state index contributed by atoms with van der Waals surface area (Å²) in [5.41, 5.74) is 10.2. The van der Waals surface area contributed by atoms with Crippen LogP contribution in [0.25, 0.3) is 16.8 Å². The number of hydrogen-bond donors (Lipinski definition) is 2. The van der Waals surface area contributed by atoms with Crippen LogP contribution in [0.2, 0.25) is 5.15 Å². The van der Waals surface area contributed by atoms with Crippen molar-refractivity contribution in [2.45, 2.75) is 32.1 Å². The number of hydrogen-bond acceptors (Lipinski definition) is 4. The summed E-state index contributed by atoms with van der Waals surface area (Å²) >= 11 is 6.49. The summed E-state index contributed by atoms with van der Waals surface area (Å²) in [5, 5.41) is 4.00. The summed E-state index contributed by atoms with van der Waals surface area (Å²) in [6.45, 7) is 4.12. The van der Waals surface area contributed by atoms with Crippen molar-refractivity contribution < 1.29 is 0 Å². The first-order chi connectivity index (χ1) is 12.2. The number of nitrogens with two attached hydrogens (primary N) is 1. The molecule has 25 heavy (non-hydrogen) atoms. The van der Waals surface area contributed by atoms with Gasteiger partial charge < -0.3 is 11.1 Å². The van der Waals surface area contributed by atoms with Gasteiger partial charge in [-0.25, -0.2) is 9.97 Å². The van der Waals surface area contributed by atoms with Crippen molar-refractivity contribution in [2.24, 2.45) is 0 Å². The zero-order chi connectivity index (χ0) is 17.4. The summed E-state index contributed by atoms with van der Waals surface area (Å²) in [6.07, 6.45) is 4.85. The predicted octanol–water partition coefficient (Wildman–Crippen LogP) is 3.66. The Bertz CT molecular complexity index is 894. The quantitative estimate of drug-likeness (QED) is 0.752. The Morgan fingerprint density at radius 3 is 2.80 bits per heavy atom. The van der Waals surface area contributed by atoms with Crippen LogP contribution in [0.15, 0.2) is 30.5 Å². The van der Waals surface area contributed by atoms with Crippen molar-refractivity contribution in [2.75, 3.05) is 18.8 Å². The molecule has 0 radical (unpaired) electrons. The first-order valence-corrected chi connectivity index (χ1v) is 9.19. The molecule has 6 heteroatoms. The standard InChI is InChI=1S/C19H22ClN5/c1-2-12-5-7-13(8-6-12)16-17-18(21)23-11-15(20)25(17)19(24-16)14-4-3-9-22-10-14/h5-8,11,14,22H,2-4,9-10H2,1H3,(H2,21,23). The second-order valence-corrected chi connectivity index (χ2v) is 6.95. The van der Waals surface area contributed by atoms with Crippen LogP contribution < -0.4 is 11.1 Å². The number of nitrogen functional groups attached to an aromatic ring is 1. The Morgan fingerprint density at radius 1 is 1.32 bits per heavy atom. The summed E-state index contributed by atoms with van der Waals surface area (Å²) in [7, 11) is 0. The number of rotatable bonds is 3. The monoisotopic (exact) mass is 355 g/mol. The fraction of sp³-hybridized carbons (Fsp3) is 0.368. The average molecular weight is 356 g/mol. The minimum absolute atomic E-state index is 0.323. The van der Waals surface area contributed by atoms with Crippen LogP contribution in [0.1, 0.15) is 37.1 Å². The van der Waals surface area contributed by atoms with Gasteiger partial charge in [0, 0.05) is 18.0 Å². The highest BCUT2D eigenvalue weighted by atomic mass is 35.5. The van der Waals surface area contributed by atoms with Gasteiger partial charge in [0.1, 0.15) is 28.0 Å². The second kappa shape index (κ2) is 6.65. The SMILES string of the molecule is CCc1ccc(-c2nc(C3CCCNC3)n3c(Cl)cnc(N)c23)cc1. The number of nitrogens with one attached hydrogen (secondary N) is 1. The highest BCUT2D eigenvalue weighted by molar-refractivity contribution is 6.29. The lowest BCUT2D eigenvalue weighted by molar-refractivity contribution is 0.446. The molecule has 0 spiro atoms. The maximum absolute atomic E-state index is 6.49. The fourth-order valence-electron chi connectivity index (χ4n) is 3.58. The molecule has 0 amide bonds. The first-order valence-electron chi connectivity index (χ1n) is 8.81. The number of aryl methyl sites for hydroxylation is 1. The zero-order valence-corrected chi connectivity index (χ0v) is 15.1. The third-order valence-electron chi connectivity index (χ3n) is 4.97. The van der Waals surface area contributed by atoms with Crippen molar-refractivity contribution in [1.82, 2.24) is 19.7 Å². The molecular weight excluding hydrogens is 334 g/mol. The van der Waals surface area contributed by atoms with E-state index in [-0.39, 0.29) is 0 Å². The molecule has 1 aliphatic rings.